The molecule has 0 atom stereocenters. The van der Waals surface area contributed by atoms with Gasteiger partial charge in [-0.2, -0.15) is 13.2 Å². The van der Waals surface area contributed by atoms with Gasteiger partial charge in [0.15, 0.2) is 5.13 Å². The second kappa shape index (κ2) is 9.66. The van der Waals surface area contributed by atoms with E-state index in [9.17, 15) is 18.0 Å². The zero-order valence-corrected chi connectivity index (χ0v) is 19.1. The molecule has 10 heteroatoms. The van der Waals surface area contributed by atoms with E-state index in [0.29, 0.717) is 36.2 Å². The van der Waals surface area contributed by atoms with Crippen LogP contribution in [0.3, 0.4) is 0 Å². The smallest absolute Gasteiger partial charge is 0.416 e. The van der Waals surface area contributed by atoms with Crippen LogP contribution in [-0.4, -0.2) is 62.3 Å². The maximum absolute atomic E-state index is 13.5. The molecule has 0 unspecified atom stereocenters. The van der Waals surface area contributed by atoms with Crippen LogP contribution in [0, 0.1) is 6.92 Å². The number of fused-ring (bicyclic) bond motifs is 1. The van der Waals surface area contributed by atoms with Crippen molar-refractivity contribution >= 4 is 32.6 Å². The molecule has 6 nitrogen and oxygen atoms in total. The van der Waals surface area contributed by atoms with Crippen molar-refractivity contribution < 1.29 is 27.4 Å². The standard InChI is InChI=1S/C23H24F3N3O3S/c1-15-6-7-18(31-2)19-20(15)33-22(27-19)29(9-8-28-10-12-32-13-11-28)21(30)16-4-3-5-17(14-16)23(24,25)26/h3-7,14H,8-13H2,1-2H3. The molecule has 3 aromatic rings. The van der Waals surface area contributed by atoms with E-state index in [2.05, 4.69) is 9.88 Å². The van der Waals surface area contributed by atoms with Crippen LogP contribution in [0.2, 0.25) is 0 Å². The summed E-state index contributed by atoms with van der Waals surface area (Å²) < 4.78 is 51.4. The number of morpholine rings is 1. The molecular weight excluding hydrogens is 455 g/mol. The van der Waals surface area contributed by atoms with Crippen molar-refractivity contribution in [2.75, 3.05) is 51.4 Å². The predicted octanol–water partition coefficient (Wildman–Crippen LogP) is 4.61. The van der Waals surface area contributed by atoms with Crippen LogP contribution in [0.4, 0.5) is 18.3 Å². The number of carbonyl (C=O) groups excluding carboxylic acids is 1. The van der Waals surface area contributed by atoms with Crippen LogP contribution in [-0.2, 0) is 10.9 Å². The summed E-state index contributed by atoms with van der Waals surface area (Å²) >= 11 is 1.33. The highest BCUT2D eigenvalue weighted by molar-refractivity contribution is 7.22. The zero-order valence-electron chi connectivity index (χ0n) is 18.3. The van der Waals surface area contributed by atoms with Gasteiger partial charge in [0, 0.05) is 31.7 Å². The number of rotatable bonds is 6. The van der Waals surface area contributed by atoms with E-state index in [1.807, 2.05) is 19.1 Å². The Balaban J connectivity index is 1.71. The van der Waals surface area contributed by atoms with E-state index in [1.165, 1.54) is 28.4 Å². The Bertz CT molecular complexity index is 1140. The Kier molecular flexibility index (Phi) is 6.87. The monoisotopic (exact) mass is 479 g/mol. The minimum Gasteiger partial charge on any atom is -0.494 e. The lowest BCUT2D eigenvalue weighted by Crippen LogP contribution is -2.43. The Morgan fingerprint density at radius 2 is 2.00 bits per heavy atom. The fourth-order valence-corrected chi connectivity index (χ4v) is 4.79. The summed E-state index contributed by atoms with van der Waals surface area (Å²) in [6, 6.07) is 8.23. The van der Waals surface area contributed by atoms with Gasteiger partial charge in [-0.25, -0.2) is 4.98 Å². The molecule has 1 fully saturated rings. The van der Waals surface area contributed by atoms with E-state index < -0.39 is 17.6 Å². The van der Waals surface area contributed by atoms with Gasteiger partial charge in [-0.3, -0.25) is 14.6 Å². The van der Waals surface area contributed by atoms with Crippen LogP contribution in [0.25, 0.3) is 10.2 Å². The van der Waals surface area contributed by atoms with Crippen molar-refractivity contribution in [1.29, 1.82) is 0 Å². The van der Waals surface area contributed by atoms with E-state index in [0.717, 1.165) is 35.5 Å². The Labute approximate surface area is 193 Å². The number of hydrogen-bond donors (Lipinski definition) is 0. The first-order valence-electron chi connectivity index (χ1n) is 10.5. The van der Waals surface area contributed by atoms with Gasteiger partial charge < -0.3 is 9.47 Å². The number of halogens is 3. The highest BCUT2D eigenvalue weighted by Gasteiger charge is 2.32. The molecule has 1 amide bonds. The lowest BCUT2D eigenvalue weighted by atomic mass is 10.1. The van der Waals surface area contributed by atoms with Crippen LogP contribution in [0.15, 0.2) is 36.4 Å². The molecule has 0 saturated carbocycles. The summed E-state index contributed by atoms with van der Waals surface area (Å²) in [5.41, 5.74) is 0.720. The van der Waals surface area contributed by atoms with Gasteiger partial charge in [-0.05, 0) is 36.8 Å². The number of amides is 1. The lowest BCUT2D eigenvalue weighted by Gasteiger charge is -2.29. The van der Waals surface area contributed by atoms with Crippen molar-refractivity contribution in [3.63, 3.8) is 0 Å². The fraction of sp³-hybridized carbons (Fsp3) is 0.391. The molecule has 2 aromatic carbocycles. The molecule has 0 radical (unpaired) electrons. The second-order valence-electron chi connectivity index (χ2n) is 7.75. The first-order valence-corrected chi connectivity index (χ1v) is 11.3. The van der Waals surface area contributed by atoms with Crippen molar-refractivity contribution in [2.45, 2.75) is 13.1 Å². The van der Waals surface area contributed by atoms with Gasteiger partial charge in [0.25, 0.3) is 5.91 Å². The van der Waals surface area contributed by atoms with E-state index in [-0.39, 0.29) is 12.1 Å². The molecule has 2 heterocycles. The first-order chi connectivity index (χ1) is 15.8. The molecule has 33 heavy (non-hydrogen) atoms. The molecule has 4 rings (SSSR count). The van der Waals surface area contributed by atoms with Gasteiger partial charge in [-0.15, -0.1) is 0 Å². The van der Waals surface area contributed by atoms with Crippen LogP contribution in [0.5, 0.6) is 5.75 Å². The van der Waals surface area contributed by atoms with Gasteiger partial charge in [-0.1, -0.05) is 23.5 Å². The van der Waals surface area contributed by atoms with Gasteiger partial charge in [0.05, 0.1) is 30.6 Å². The number of aromatic nitrogens is 1. The molecule has 0 N–H and O–H groups in total. The maximum Gasteiger partial charge on any atom is 0.416 e. The molecule has 1 aliphatic rings. The molecule has 0 aliphatic carbocycles. The largest absolute Gasteiger partial charge is 0.494 e. The summed E-state index contributed by atoms with van der Waals surface area (Å²) in [7, 11) is 1.55. The highest BCUT2D eigenvalue weighted by atomic mass is 32.1. The summed E-state index contributed by atoms with van der Waals surface area (Å²) in [5, 5.41) is 0.424. The third-order valence-electron chi connectivity index (χ3n) is 5.57. The third kappa shape index (κ3) is 5.13. The normalized spacial score (nSPS) is 15.1. The number of carbonyl (C=O) groups is 1. The summed E-state index contributed by atoms with van der Waals surface area (Å²) in [6.45, 7) is 5.47. The molecule has 0 spiro atoms. The van der Waals surface area contributed by atoms with Crippen LogP contribution < -0.4 is 9.64 Å². The fourth-order valence-electron chi connectivity index (χ4n) is 3.71. The van der Waals surface area contributed by atoms with Gasteiger partial charge in [0.1, 0.15) is 11.3 Å². The highest BCUT2D eigenvalue weighted by Crippen LogP contribution is 2.37. The number of benzene rings is 2. The maximum atomic E-state index is 13.5. The Hall–Kier alpha value is -2.69. The third-order valence-corrected chi connectivity index (χ3v) is 6.78. The van der Waals surface area contributed by atoms with Crippen molar-refractivity contribution in [1.82, 2.24) is 9.88 Å². The summed E-state index contributed by atoms with van der Waals surface area (Å²) in [4.78, 5) is 21.8. The van der Waals surface area contributed by atoms with Crippen molar-refractivity contribution in [2.24, 2.45) is 0 Å². The SMILES string of the molecule is COc1ccc(C)c2sc(N(CCN3CCOCC3)C(=O)c3cccc(C(F)(F)F)c3)nc12. The minimum atomic E-state index is -4.53. The Morgan fingerprint density at radius 3 is 2.70 bits per heavy atom. The summed E-state index contributed by atoms with van der Waals surface area (Å²) in [6.07, 6.45) is -4.53. The van der Waals surface area contributed by atoms with Crippen LogP contribution >= 0.6 is 11.3 Å². The number of hydrogen-bond acceptors (Lipinski definition) is 6. The number of anilines is 1. The molecule has 176 valence electrons. The van der Waals surface area contributed by atoms with Gasteiger partial charge in [0.2, 0.25) is 0 Å². The quantitative estimate of drug-likeness (QED) is 0.517. The average Bonchev–Trinajstić information content (AvgIpc) is 3.26. The predicted molar refractivity (Wildman–Crippen MR) is 121 cm³/mol. The number of alkyl halides is 3. The number of methoxy groups -OCH3 is 1. The molecule has 1 saturated heterocycles. The minimum absolute atomic E-state index is 0.0326. The zero-order chi connectivity index (χ0) is 23.6. The van der Waals surface area contributed by atoms with Crippen molar-refractivity contribution in [3.8, 4) is 5.75 Å². The van der Waals surface area contributed by atoms with E-state index >= 15 is 0 Å². The van der Waals surface area contributed by atoms with E-state index in [1.54, 1.807) is 7.11 Å². The average molecular weight is 480 g/mol. The lowest BCUT2D eigenvalue weighted by molar-refractivity contribution is -0.137. The van der Waals surface area contributed by atoms with E-state index in [4.69, 9.17) is 9.47 Å². The summed E-state index contributed by atoms with van der Waals surface area (Å²) in [5.74, 6) is 0.0581. The molecule has 1 aromatic heterocycles. The topological polar surface area (TPSA) is 54.9 Å². The van der Waals surface area contributed by atoms with Crippen molar-refractivity contribution in [3.05, 3.63) is 53.1 Å². The number of aryl methyl sites for hydroxylation is 1. The number of ether oxygens (including phenoxy) is 2. The molecule has 1 aliphatic heterocycles. The number of nitrogens with zero attached hydrogens (tertiary/aromatic N) is 3. The molecular formula is C23H24F3N3O3S. The molecule has 0 bridgehead atoms. The van der Waals surface area contributed by atoms with Crippen LogP contribution in [0.1, 0.15) is 21.5 Å². The number of thiazole rings is 1. The first kappa shape index (κ1) is 23.5. The van der Waals surface area contributed by atoms with Gasteiger partial charge >= 0.3 is 6.18 Å². The Morgan fingerprint density at radius 1 is 1.24 bits per heavy atom. The second-order valence-corrected chi connectivity index (χ2v) is 8.73.